The third-order valence-corrected chi connectivity index (χ3v) is 4.23. The van der Waals surface area contributed by atoms with E-state index in [-0.39, 0.29) is 11.8 Å². The number of nitrogens with one attached hydrogen (secondary N) is 1. The Bertz CT molecular complexity index is 450. The van der Waals surface area contributed by atoms with Gasteiger partial charge in [0.05, 0.1) is 5.92 Å². The zero-order chi connectivity index (χ0) is 13.1. The van der Waals surface area contributed by atoms with Crippen molar-refractivity contribution in [2.75, 3.05) is 25.0 Å². The van der Waals surface area contributed by atoms with Crippen LogP contribution in [0.15, 0.2) is 16.7 Å². The topological polar surface area (TPSA) is 45.2 Å². The first-order valence-electron chi connectivity index (χ1n) is 6.20. The van der Waals surface area contributed by atoms with E-state index in [1.54, 1.807) is 7.05 Å². The van der Waals surface area contributed by atoms with Gasteiger partial charge in [-0.05, 0) is 47.3 Å². The molecule has 1 fully saturated rings. The molecular formula is C13H18BrN3O. The average molecular weight is 312 g/mol. The summed E-state index contributed by atoms with van der Waals surface area (Å²) in [6, 6.07) is 2.07. The molecule has 1 amide bonds. The fourth-order valence-corrected chi connectivity index (χ4v) is 2.52. The minimum atomic E-state index is 0.0782. The van der Waals surface area contributed by atoms with Crippen molar-refractivity contribution in [2.24, 2.45) is 5.92 Å². The van der Waals surface area contributed by atoms with Crippen LogP contribution in [0.5, 0.6) is 0 Å². The van der Waals surface area contributed by atoms with Crippen molar-refractivity contribution in [1.82, 2.24) is 10.3 Å². The second-order valence-corrected chi connectivity index (χ2v) is 5.55. The molecule has 1 atom stereocenters. The van der Waals surface area contributed by atoms with E-state index in [1.807, 2.05) is 6.20 Å². The molecule has 1 aliphatic rings. The first-order valence-corrected chi connectivity index (χ1v) is 7.00. The van der Waals surface area contributed by atoms with Gasteiger partial charge in [-0.2, -0.15) is 0 Å². The second-order valence-electron chi connectivity index (χ2n) is 4.69. The van der Waals surface area contributed by atoms with Crippen molar-refractivity contribution in [2.45, 2.75) is 19.8 Å². The third kappa shape index (κ3) is 2.83. The zero-order valence-corrected chi connectivity index (χ0v) is 12.3. The van der Waals surface area contributed by atoms with E-state index in [2.05, 4.69) is 44.1 Å². The smallest absolute Gasteiger partial charge is 0.224 e. The highest BCUT2D eigenvalue weighted by Gasteiger charge is 2.25. The highest BCUT2D eigenvalue weighted by Crippen LogP contribution is 2.24. The molecule has 1 aromatic heterocycles. The van der Waals surface area contributed by atoms with Gasteiger partial charge in [-0.15, -0.1) is 0 Å². The van der Waals surface area contributed by atoms with E-state index >= 15 is 0 Å². The molecule has 1 unspecified atom stereocenters. The van der Waals surface area contributed by atoms with Crippen molar-refractivity contribution in [3.8, 4) is 0 Å². The van der Waals surface area contributed by atoms with Crippen LogP contribution in [0.4, 0.5) is 5.82 Å². The minimum absolute atomic E-state index is 0.0782. The van der Waals surface area contributed by atoms with Crippen molar-refractivity contribution < 1.29 is 4.79 Å². The lowest BCUT2D eigenvalue weighted by atomic mass is 9.97. The lowest BCUT2D eigenvalue weighted by Crippen LogP contribution is -2.42. The minimum Gasteiger partial charge on any atom is -0.359 e. The number of pyridine rings is 1. The van der Waals surface area contributed by atoms with Gasteiger partial charge in [-0.25, -0.2) is 4.98 Å². The number of halogens is 1. The van der Waals surface area contributed by atoms with E-state index in [0.29, 0.717) is 0 Å². The lowest BCUT2D eigenvalue weighted by Gasteiger charge is -2.32. The molecule has 2 heterocycles. The molecule has 5 heteroatoms. The van der Waals surface area contributed by atoms with E-state index in [9.17, 15) is 4.79 Å². The van der Waals surface area contributed by atoms with Crippen LogP contribution < -0.4 is 10.2 Å². The summed E-state index contributed by atoms with van der Waals surface area (Å²) in [4.78, 5) is 18.3. The largest absolute Gasteiger partial charge is 0.359 e. The molecular weight excluding hydrogens is 294 g/mol. The van der Waals surface area contributed by atoms with Crippen LogP contribution in [0.3, 0.4) is 0 Å². The fraction of sp³-hybridized carbons (Fsp3) is 0.538. The summed E-state index contributed by atoms with van der Waals surface area (Å²) in [5.41, 5.74) is 1.17. The van der Waals surface area contributed by atoms with Gasteiger partial charge in [0.15, 0.2) is 0 Å². The molecule has 98 valence electrons. The van der Waals surface area contributed by atoms with Gasteiger partial charge in [0.1, 0.15) is 5.82 Å². The van der Waals surface area contributed by atoms with Crippen LogP contribution in [0, 0.1) is 12.8 Å². The Balaban J connectivity index is 2.13. The average Bonchev–Trinajstić information content (AvgIpc) is 2.41. The maximum absolute atomic E-state index is 11.7. The molecule has 0 aromatic carbocycles. The molecule has 0 saturated carbocycles. The Labute approximate surface area is 116 Å². The maximum Gasteiger partial charge on any atom is 0.224 e. The van der Waals surface area contributed by atoms with Crippen LogP contribution in [-0.2, 0) is 4.79 Å². The molecule has 0 radical (unpaired) electrons. The van der Waals surface area contributed by atoms with Crippen molar-refractivity contribution in [1.29, 1.82) is 0 Å². The van der Waals surface area contributed by atoms with Gasteiger partial charge < -0.3 is 10.2 Å². The number of carbonyl (C=O) groups excluding carboxylic acids is 1. The first-order chi connectivity index (χ1) is 8.61. The number of hydrogen-bond donors (Lipinski definition) is 1. The van der Waals surface area contributed by atoms with Crippen LogP contribution >= 0.6 is 15.9 Å². The summed E-state index contributed by atoms with van der Waals surface area (Å²) in [5, 5.41) is 2.73. The predicted octanol–water partition coefficient (Wildman–Crippen LogP) is 2.11. The molecule has 0 bridgehead atoms. The summed E-state index contributed by atoms with van der Waals surface area (Å²) in [7, 11) is 1.70. The van der Waals surface area contributed by atoms with E-state index in [4.69, 9.17) is 0 Å². The number of amides is 1. The predicted molar refractivity (Wildman–Crippen MR) is 75.7 cm³/mol. The summed E-state index contributed by atoms with van der Waals surface area (Å²) in [6.07, 6.45) is 3.83. The molecule has 4 nitrogen and oxygen atoms in total. The standard InChI is InChI=1S/C13H18BrN3O/c1-9-6-12(16-7-11(9)14)17-5-3-4-10(8-17)13(18)15-2/h6-7,10H,3-5,8H2,1-2H3,(H,15,18). The van der Waals surface area contributed by atoms with Gasteiger partial charge in [-0.1, -0.05) is 0 Å². The lowest BCUT2D eigenvalue weighted by molar-refractivity contribution is -0.124. The highest BCUT2D eigenvalue weighted by molar-refractivity contribution is 9.10. The molecule has 1 saturated heterocycles. The van der Waals surface area contributed by atoms with Gasteiger partial charge in [0.25, 0.3) is 0 Å². The Morgan fingerprint density at radius 2 is 2.39 bits per heavy atom. The van der Waals surface area contributed by atoms with E-state index in [1.165, 1.54) is 5.56 Å². The highest BCUT2D eigenvalue weighted by atomic mass is 79.9. The number of anilines is 1. The maximum atomic E-state index is 11.7. The Hall–Kier alpha value is -1.10. The molecule has 18 heavy (non-hydrogen) atoms. The van der Waals surface area contributed by atoms with Gasteiger partial charge >= 0.3 is 0 Å². The summed E-state index contributed by atoms with van der Waals surface area (Å²) in [6.45, 7) is 3.78. The van der Waals surface area contributed by atoms with Crippen LogP contribution in [0.25, 0.3) is 0 Å². The first kappa shape index (κ1) is 13.3. The molecule has 2 rings (SSSR count). The quantitative estimate of drug-likeness (QED) is 0.910. The van der Waals surface area contributed by atoms with E-state index < -0.39 is 0 Å². The summed E-state index contributed by atoms with van der Waals surface area (Å²) < 4.78 is 1.02. The third-order valence-electron chi connectivity index (χ3n) is 3.40. The molecule has 1 N–H and O–H groups in total. The van der Waals surface area contributed by atoms with Gasteiger partial charge in [0.2, 0.25) is 5.91 Å². The zero-order valence-electron chi connectivity index (χ0n) is 10.7. The van der Waals surface area contributed by atoms with Crippen LogP contribution in [0.1, 0.15) is 18.4 Å². The Kier molecular flexibility index (Phi) is 4.22. The molecule has 0 spiro atoms. The number of rotatable bonds is 2. The van der Waals surface area contributed by atoms with Crippen molar-refractivity contribution >= 4 is 27.7 Å². The molecule has 1 aromatic rings. The monoisotopic (exact) mass is 311 g/mol. The summed E-state index contributed by atoms with van der Waals surface area (Å²) >= 11 is 3.45. The number of aryl methyl sites for hydroxylation is 1. The fourth-order valence-electron chi connectivity index (χ4n) is 2.30. The van der Waals surface area contributed by atoms with E-state index in [0.717, 1.165) is 36.2 Å². The summed E-state index contributed by atoms with van der Waals surface area (Å²) in [5.74, 6) is 1.17. The molecule has 0 aliphatic carbocycles. The Morgan fingerprint density at radius 1 is 1.61 bits per heavy atom. The number of aromatic nitrogens is 1. The number of piperidine rings is 1. The normalized spacial score (nSPS) is 19.7. The molecule has 1 aliphatic heterocycles. The van der Waals surface area contributed by atoms with Crippen LogP contribution in [-0.4, -0.2) is 31.0 Å². The number of carbonyl (C=O) groups is 1. The SMILES string of the molecule is CNC(=O)C1CCCN(c2cc(C)c(Br)cn2)C1. The number of nitrogens with zero attached hydrogens (tertiary/aromatic N) is 2. The number of hydrogen-bond acceptors (Lipinski definition) is 3. The Morgan fingerprint density at radius 3 is 3.06 bits per heavy atom. The van der Waals surface area contributed by atoms with Crippen molar-refractivity contribution in [3.05, 3.63) is 22.3 Å². The van der Waals surface area contributed by atoms with Gasteiger partial charge in [-0.3, -0.25) is 4.79 Å². The second kappa shape index (κ2) is 5.69. The van der Waals surface area contributed by atoms with Gasteiger partial charge in [0, 0.05) is 30.8 Å². The van der Waals surface area contributed by atoms with Crippen molar-refractivity contribution in [3.63, 3.8) is 0 Å². The van der Waals surface area contributed by atoms with Crippen LogP contribution in [0.2, 0.25) is 0 Å².